The normalized spacial score (nSPS) is 23.8. The van der Waals surface area contributed by atoms with Gasteiger partial charge in [-0.2, -0.15) is 0 Å². The fraction of sp³-hybridized carbons (Fsp3) is 1.00. The van der Waals surface area contributed by atoms with Crippen molar-refractivity contribution in [2.45, 2.75) is 98.9 Å². The van der Waals surface area contributed by atoms with Gasteiger partial charge in [-0.25, -0.2) is 0 Å². The summed E-state index contributed by atoms with van der Waals surface area (Å²) >= 11 is 0. The van der Waals surface area contributed by atoms with Crippen LogP contribution in [-0.2, 0) is 14.2 Å². The molecule has 6 nitrogen and oxygen atoms in total. The Morgan fingerprint density at radius 1 is 0.606 bits per heavy atom. The maximum Gasteiger partial charge on any atom is 0.0628 e. The van der Waals surface area contributed by atoms with E-state index in [1.165, 1.54) is 78.2 Å². The maximum absolute atomic E-state index is 6.20. The standard InChI is InChI=1S/C18H35N3O2.C3H8.C2H6O.2C2H6/c1-3-19-8-10-21(11-9-19)13-12-20-6-4-16(5-7-20)23-18-14-17(15-18)22-2;2*1-3-2;2*1-2/h16-18H,3-15H2,1-2H3;3H2,1-2H3;1-2H3;2*1-2H3. The lowest BCUT2D eigenvalue weighted by Gasteiger charge is -2.40. The second kappa shape index (κ2) is 24.9. The molecule has 33 heavy (non-hydrogen) atoms. The minimum absolute atomic E-state index is 0.452. The fourth-order valence-electron chi connectivity index (χ4n) is 3.97. The van der Waals surface area contributed by atoms with Crippen molar-refractivity contribution in [2.75, 3.05) is 80.2 Å². The molecule has 0 amide bonds. The molecule has 6 heteroatoms. The molecule has 0 atom stereocenters. The van der Waals surface area contributed by atoms with E-state index in [-0.39, 0.29) is 0 Å². The van der Waals surface area contributed by atoms with Gasteiger partial charge in [0.1, 0.15) is 0 Å². The summed E-state index contributed by atoms with van der Waals surface area (Å²) in [5.41, 5.74) is 0. The van der Waals surface area contributed by atoms with Crippen molar-refractivity contribution in [3.05, 3.63) is 0 Å². The van der Waals surface area contributed by atoms with Gasteiger partial charge in [0.2, 0.25) is 0 Å². The molecule has 0 aromatic heterocycles. The number of hydrogen-bond donors (Lipinski definition) is 0. The van der Waals surface area contributed by atoms with Crippen LogP contribution in [0.4, 0.5) is 0 Å². The van der Waals surface area contributed by atoms with E-state index in [4.69, 9.17) is 9.47 Å². The Labute approximate surface area is 208 Å². The average Bonchev–Trinajstić information content (AvgIpc) is 2.84. The summed E-state index contributed by atoms with van der Waals surface area (Å²) in [6.45, 7) is 25.6. The average molecular weight is 476 g/mol. The monoisotopic (exact) mass is 475 g/mol. The van der Waals surface area contributed by atoms with Crippen LogP contribution in [0.5, 0.6) is 0 Å². The molecule has 0 N–H and O–H groups in total. The first-order valence-corrected chi connectivity index (χ1v) is 13.8. The van der Waals surface area contributed by atoms with Gasteiger partial charge in [0.25, 0.3) is 0 Å². The SMILES string of the molecule is CC.CC.CCC.CCN1CCN(CCN2CCC(OC3CC(OC)C3)CC2)CC1.COC. The molecule has 0 spiro atoms. The smallest absolute Gasteiger partial charge is 0.0628 e. The molecule has 2 saturated heterocycles. The maximum atomic E-state index is 6.20. The topological polar surface area (TPSA) is 37.4 Å². The van der Waals surface area contributed by atoms with Crippen molar-refractivity contribution in [2.24, 2.45) is 0 Å². The number of nitrogens with zero attached hydrogens (tertiary/aromatic N) is 3. The summed E-state index contributed by atoms with van der Waals surface area (Å²) in [6, 6.07) is 0. The molecule has 2 heterocycles. The third kappa shape index (κ3) is 16.9. The molecular formula is C27H61N3O3. The number of piperidine rings is 1. The van der Waals surface area contributed by atoms with Gasteiger partial charge >= 0.3 is 0 Å². The van der Waals surface area contributed by atoms with Crippen LogP contribution in [0.25, 0.3) is 0 Å². The van der Waals surface area contributed by atoms with Gasteiger partial charge in [-0.3, -0.25) is 4.90 Å². The summed E-state index contributed by atoms with van der Waals surface area (Å²) in [5, 5.41) is 0. The molecule has 0 aromatic carbocycles. The van der Waals surface area contributed by atoms with E-state index in [9.17, 15) is 0 Å². The van der Waals surface area contributed by atoms with Crippen LogP contribution in [0.2, 0.25) is 0 Å². The highest BCUT2D eigenvalue weighted by molar-refractivity contribution is 4.83. The van der Waals surface area contributed by atoms with E-state index in [0.717, 1.165) is 12.8 Å². The number of likely N-dealkylation sites (N-methyl/N-ethyl adjacent to an activating group) is 1. The molecule has 3 rings (SSSR count). The van der Waals surface area contributed by atoms with E-state index < -0.39 is 0 Å². The van der Waals surface area contributed by atoms with Gasteiger partial charge in [0, 0.05) is 73.7 Å². The van der Waals surface area contributed by atoms with Gasteiger partial charge in [0.15, 0.2) is 0 Å². The summed E-state index contributed by atoms with van der Waals surface area (Å²) in [4.78, 5) is 7.81. The molecule has 0 aromatic rings. The van der Waals surface area contributed by atoms with Gasteiger partial charge in [0.05, 0.1) is 18.3 Å². The van der Waals surface area contributed by atoms with Crippen LogP contribution in [0.1, 0.15) is 80.6 Å². The van der Waals surface area contributed by atoms with Crippen LogP contribution in [-0.4, -0.2) is 113 Å². The highest BCUT2D eigenvalue weighted by Crippen LogP contribution is 2.29. The van der Waals surface area contributed by atoms with Crippen LogP contribution in [0, 0.1) is 0 Å². The highest BCUT2D eigenvalue weighted by atomic mass is 16.5. The number of rotatable bonds is 7. The number of ether oxygens (including phenoxy) is 3. The van der Waals surface area contributed by atoms with E-state index in [1.54, 1.807) is 14.2 Å². The van der Waals surface area contributed by atoms with E-state index in [1.807, 2.05) is 34.8 Å². The lowest BCUT2D eigenvalue weighted by Crippen LogP contribution is -2.49. The molecule has 2 aliphatic heterocycles. The molecule has 202 valence electrons. The zero-order valence-electron chi connectivity index (χ0n) is 24.2. The van der Waals surface area contributed by atoms with Crippen molar-refractivity contribution < 1.29 is 14.2 Å². The Bertz CT molecular complexity index is 364. The van der Waals surface area contributed by atoms with Gasteiger partial charge < -0.3 is 24.0 Å². The van der Waals surface area contributed by atoms with E-state index in [2.05, 4.69) is 40.2 Å². The summed E-state index contributed by atoms with van der Waals surface area (Å²) in [7, 11) is 5.06. The van der Waals surface area contributed by atoms with E-state index in [0.29, 0.717) is 18.3 Å². The molecule has 0 bridgehead atoms. The molecular weight excluding hydrogens is 414 g/mol. The first-order valence-electron chi connectivity index (χ1n) is 13.8. The first kappa shape index (κ1) is 34.9. The van der Waals surface area contributed by atoms with Crippen molar-refractivity contribution in [3.8, 4) is 0 Å². The predicted octanol–water partition coefficient (Wildman–Crippen LogP) is 5.01. The Hall–Kier alpha value is -0.240. The van der Waals surface area contributed by atoms with Crippen molar-refractivity contribution in [1.29, 1.82) is 0 Å². The lowest BCUT2D eigenvalue weighted by molar-refractivity contribution is -0.126. The van der Waals surface area contributed by atoms with Gasteiger partial charge in [-0.05, 0) is 32.2 Å². The Morgan fingerprint density at radius 2 is 1.00 bits per heavy atom. The quantitative estimate of drug-likeness (QED) is 0.515. The summed E-state index contributed by atoms with van der Waals surface area (Å²) in [6.07, 6.45) is 7.26. The van der Waals surface area contributed by atoms with Crippen LogP contribution in [0.3, 0.4) is 0 Å². The third-order valence-corrected chi connectivity index (χ3v) is 5.95. The summed E-state index contributed by atoms with van der Waals surface area (Å²) in [5.74, 6) is 0. The number of hydrogen-bond acceptors (Lipinski definition) is 6. The highest BCUT2D eigenvalue weighted by Gasteiger charge is 2.32. The van der Waals surface area contributed by atoms with Crippen LogP contribution >= 0.6 is 0 Å². The largest absolute Gasteiger partial charge is 0.388 e. The Balaban J connectivity index is 0. The first-order chi connectivity index (χ1) is 16.1. The van der Waals surface area contributed by atoms with E-state index >= 15 is 0 Å². The molecule has 3 fully saturated rings. The second-order valence-electron chi connectivity index (χ2n) is 8.52. The molecule has 3 aliphatic rings. The lowest BCUT2D eigenvalue weighted by atomic mass is 9.91. The molecule has 0 radical (unpaired) electrons. The van der Waals surface area contributed by atoms with Crippen molar-refractivity contribution in [3.63, 3.8) is 0 Å². The Kier molecular flexibility index (Phi) is 26.3. The Morgan fingerprint density at radius 3 is 1.39 bits per heavy atom. The number of likely N-dealkylation sites (tertiary alicyclic amines) is 1. The second-order valence-corrected chi connectivity index (χ2v) is 8.52. The predicted molar refractivity (Wildman–Crippen MR) is 145 cm³/mol. The van der Waals surface area contributed by atoms with Crippen molar-refractivity contribution >= 4 is 0 Å². The number of methoxy groups -OCH3 is 2. The zero-order chi connectivity index (χ0) is 25.5. The number of piperazine rings is 1. The van der Waals surface area contributed by atoms with Crippen molar-refractivity contribution in [1.82, 2.24) is 14.7 Å². The minimum Gasteiger partial charge on any atom is -0.388 e. The minimum atomic E-state index is 0.452. The van der Waals surface area contributed by atoms with Crippen LogP contribution < -0.4 is 0 Å². The van der Waals surface area contributed by atoms with Gasteiger partial charge in [-0.1, -0.05) is 54.9 Å². The molecule has 1 aliphatic carbocycles. The molecule has 1 saturated carbocycles. The fourth-order valence-corrected chi connectivity index (χ4v) is 3.97. The van der Waals surface area contributed by atoms with Crippen LogP contribution in [0.15, 0.2) is 0 Å². The summed E-state index contributed by atoms with van der Waals surface area (Å²) < 4.78 is 15.8. The third-order valence-electron chi connectivity index (χ3n) is 5.95. The zero-order valence-corrected chi connectivity index (χ0v) is 24.2. The molecule has 0 unspecified atom stereocenters. The van der Waals surface area contributed by atoms with Gasteiger partial charge in [-0.15, -0.1) is 0 Å².